The van der Waals surface area contributed by atoms with Gasteiger partial charge in [0.25, 0.3) is 0 Å². The first kappa shape index (κ1) is 14.6. The molecule has 2 amide bonds. The summed E-state index contributed by atoms with van der Waals surface area (Å²) < 4.78 is 6.15. The van der Waals surface area contributed by atoms with E-state index in [1.807, 2.05) is 24.3 Å². The van der Waals surface area contributed by atoms with Crippen molar-refractivity contribution in [1.29, 1.82) is 0 Å². The molecule has 3 N–H and O–H groups in total. The zero-order valence-electron chi connectivity index (χ0n) is 11.7. The van der Waals surface area contributed by atoms with Crippen LogP contribution in [-0.2, 0) is 6.54 Å². The van der Waals surface area contributed by atoms with Gasteiger partial charge in [-0.05, 0) is 24.3 Å². The van der Waals surface area contributed by atoms with Gasteiger partial charge in [-0.1, -0.05) is 12.1 Å². The van der Waals surface area contributed by atoms with Gasteiger partial charge < -0.3 is 20.2 Å². The van der Waals surface area contributed by atoms with Crippen LogP contribution in [0.15, 0.2) is 47.1 Å². The normalized spacial score (nSPS) is 12.2. The number of furan rings is 1. The molecule has 0 saturated carbocycles. The summed E-state index contributed by atoms with van der Waals surface area (Å²) in [5.74, 6) is 0.423. The first-order valence-corrected chi connectivity index (χ1v) is 7.61. The lowest BCUT2D eigenvalue weighted by Crippen LogP contribution is -2.37. The van der Waals surface area contributed by atoms with Gasteiger partial charge in [0, 0.05) is 0 Å². The maximum absolute atomic E-state index is 11.7. The maximum atomic E-state index is 11.7. The number of amides is 2. The lowest BCUT2D eigenvalue weighted by atomic mass is 10.3. The van der Waals surface area contributed by atoms with Gasteiger partial charge in [-0.3, -0.25) is 0 Å². The Morgan fingerprint density at radius 2 is 2.14 bits per heavy atom. The average Bonchev–Trinajstić information content (AvgIpc) is 3.19. The van der Waals surface area contributed by atoms with E-state index >= 15 is 0 Å². The fraction of sp³-hybridized carbons (Fsp3) is 0.200. The summed E-state index contributed by atoms with van der Waals surface area (Å²) in [6.45, 7) is 0.432. The van der Waals surface area contributed by atoms with Gasteiger partial charge in [-0.25, -0.2) is 9.78 Å². The Balaban J connectivity index is 1.48. The van der Waals surface area contributed by atoms with E-state index in [4.69, 9.17) is 4.42 Å². The van der Waals surface area contributed by atoms with Gasteiger partial charge in [0.1, 0.15) is 16.9 Å². The van der Waals surface area contributed by atoms with Crippen LogP contribution >= 0.6 is 11.3 Å². The largest absolute Gasteiger partial charge is 0.467 e. The molecule has 0 aliphatic rings. The van der Waals surface area contributed by atoms with Gasteiger partial charge in [0.2, 0.25) is 0 Å². The first-order valence-electron chi connectivity index (χ1n) is 6.80. The predicted octanol–water partition coefficient (Wildman–Crippen LogP) is 2.42. The number of thiazole rings is 1. The standard InChI is InChI=1S/C15H15N3O3S/c19-11(12-5-3-7-21-12)8-16-15(20)17-9-14-18-10-4-1-2-6-13(10)22-14/h1-7,11,19H,8-9H2,(H2,16,17,20). The SMILES string of the molecule is O=C(NCc1nc2ccccc2s1)NCC(O)c1ccco1. The molecule has 0 aliphatic heterocycles. The minimum Gasteiger partial charge on any atom is -0.467 e. The monoisotopic (exact) mass is 317 g/mol. The maximum Gasteiger partial charge on any atom is 0.315 e. The predicted molar refractivity (Wildman–Crippen MR) is 83.5 cm³/mol. The van der Waals surface area contributed by atoms with Crippen molar-refractivity contribution in [3.05, 3.63) is 53.4 Å². The third kappa shape index (κ3) is 3.44. The number of aliphatic hydroxyl groups excluding tert-OH is 1. The minimum absolute atomic E-state index is 0.0825. The van der Waals surface area contributed by atoms with E-state index < -0.39 is 6.10 Å². The second-order valence-corrected chi connectivity index (χ2v) is 5.79. The Bertz CT molecular complexity index is 721. The van der Waals surface area contributed by atoms with E-state index in [0.717, 1.165) is 15.2 Å². The summed E-state index contributed by atoms with van der Waals surface area (Å²) in [6.07, 6.45) is 0.620. The van der Waals surface area contributed by atoms with Gasteiger partial charge in [0.05, 0.1) is 29.6 Å². The quantitative estimate of drug-likeness (QED) is 0.674. The Kier molecular flexibility index (Phi) is 4.36. The van der Waals surface area contributed by atoms with Crippen LogP contribution in [0.1, 0.15) is 16.9 Å². The fourth-order valence-electron chi connectivity index (χ4n) is 1.98. The van der Waals surface area contributed by atoms with Crippen LogP contribution < -0.4 is 10.6 Å². The summed E-state index contributed by atoms with van der Waals surface area (Å²) in [6, 6.07) is 10.8. The molecule has 3 aromatic rings. The smallest absolute Gasteiger partial charge is 0.315 e. The zero-order valence-corrected chi connectivity index (χ0v) is 12.5. The van der Waals surface area contributed by atoms with E-state index in [9.17, 15) is 9.90 Å². The number of aromatic nitrogens is 1. The molecule has 1 atom stereocenters. The van der Waals surface area contributed by atoms with E-state index in [1.165, 1.54) is 6.26 Å². The van der Waals surface area contributed by atoms with Crippen molar-refractivity contribution in [2.24, 2.45) is 0 Å². The third-order valence-corrected chi connectivity index (χ3v) is 4.10. The molecule has 114 valence electrons. The molecule has 0 saturated heterocycles. The van der Waals surface area contributed by atoms with Crippen LogP contribution in [0.4, 0.5) is 4.79 Å². The summed E-state index contributed by atoms with van der Waals surface area (Å²) in [5.41, 5.74) is 0.929. The van der Waals surface area contributed by atoms with Gasteiger partial charge in [0.15, 0.2) is 0 Å². The molecule has 0 spiro atoms. The number of carbonyl (C=O) groups excluding carboxylic acids is 1. The highest BCUT2D eigenvalue weighted by Crippen LogP contribution is 2.21. The number of benzene rings is 1. The van der Waals surface area contributed by atoms with Crippen molar-refractivity contribution in [3.63, 3.8) is 0 Å². The van der Waals surface area contributed by atoms with Crippen molar-refractivity contribution in [2.45, 2.75) is 12.6 Å². The van der Waals surface area contributed by atoms with Crippen LogP contribution in [0.5, 0.6) is 0 Å². The Labute approximate surface area is 130 Å². The number of nitrogens with zero attached hydrogens (tertiary/aromatic N) is 1. The Morgan fingerprint density at radius 3 is 2.91 bits per heavy atom. The van der Waals surface area contributed by atoms with Gasteiger partial charge in [-0.2, -0.15) is 0 Å². The Hall–Kier alpha value is -2.38. The number of carbonyl (C=O) groups is 1. The second-order valence-electron chi connectivity index (χ2n) is 4.67. The van der Waals surface area contributed by atoms with Crippen molar-refractivity contribution in [2.75, 3.05) is 6.54 Å². The fourth-order valence-corrected chi connectivity index (χ4v) is 2.89. The number of hydrogen-bond donors (Lipinski definition) is 3. The molecule has 3 rings (SSSR count). The zero-order chi connectivity index (χ0) is 15.4. The summed E-state index contributed by atoms with van der Waals surface area (Å²) in [4.78, 5) is 16.2. The van der Waals surface area contributed by atoms with Crippen molar-refractivity contribution in [1.82, 2.24) is 15.6 Å². The minimum atomic E-state index is -0.858. The molecule has 1 unspecified atom stereocenters. The number of nitrogens with one attached hydrogen (secondary N) is 2. The number of aliphatic hydroxyl groups is 1. The lowest BCUT2D eigenvalue weighted by molar-refractivity contribution is 0.148. The lowest BCUT2D eigenvalue weighted by Gasteiger charge is -2.10. The average molecular weight is 317 g/mol. The van der Waals surface area contributed by atoms with E-state index in [0.29, 0.717) is 12.3 Å². The van der Waals surface area contributed by atoms with Crippen LogP contribution in [-0.4, -0.2) is 22.7 Å². The molecule has 0 fully saturated rings. The first-order chi connectivity index (χ1) is 10.7. The molecule has 0 aliphatic carbocycles. The second kappa shape index (κ2) is 6.59. The van der Waals surface area contributed by atoms with Crippen LogP contribution in [0.25, 0.3) is 10.2 Å². The van der Waals surface area contributed by atoms with E-state index in [1.54, 1.807) is 23.5 Å². The third-order valence-electron chi connectivity index (χ3n) is 3.07. The van der Waals surface area contributed by atoms with Crippen molar-refractivity contribution in [3.8, 4) is 0 Å². The number of hydrogen-bond acceptors (Lipinski definition) is 5. The summed E-state index contributed by atoms with van der Waals surface area (Å²) in [7, 11) is 0. The summed E-state index contributed by atoms with van der Waals surface area (Å²) in [5, 5.41) is 15.9. The van der Waals surface area contributed by atoms with Crippen molar-refractivity contribution >= 4 is 27.6 Å². The number of fused-ring (bicyclic) bond motifs is 1. The highest BCUT2D eigenvalue weighted by molar-refractivity contribution is 7.18. The topological polar surface area (TPSA) is 87.4 Å². The van der Waals surface area contributed by atoms with Crippen molar-refractivity contribution < 1.29 is 14.3 Å². The molecule has 0 bridgehead atoms. The molecular formula is C15H15N3O3S. The molecule has 6 nitrogen and oxygen atoms in total. The van der Waals surface area contributed by atoms with Crippen LogP contribution in [0.2, 0.25) is 0 Å². The van der Waals surface area contributed by atoms with Crippen LogP contribution in [0, 0.1) is 0 Å². The summed E-state index contributed by atoms with van der Waals surface area (Å²) >= 11 is 1.54. The Morgan fingerprint density at radius 1 is 1.27 bits per heavy atom. The van der Waals surface area contributed by atoms with Crippen LogP contribution in [0.3, 0.4) is 0 Å². The van der Waals surface area contributed by atoms with Gasteiger partial charge in [-0.15, -0.1) is 11.3 Å². The molecular weight excluding hydrogens is 302 g/mol. The highest BCUT2D eigenvalue weighted by atomic mass is 32.1. The molecule has 22 heavy (non-hydrogen) atoms. The number of para-hydroxylation sites is 1. The highest BCUT2D eigenvalue weighted by Gasteiger charge is 2.12. The number of urea groups is 1. The molecule has 2 heterocycles. The van der Waals surface area contributed by atoms with E-state index in [-0.39, 0.29) is 12.6 Å². The van der Waals surface area contributed by atoms with Gasteiger partial charge >= 0.3 is 6.03 Å². The molecule has 2 aromatic heterocycles. The van der Waals surface area contributed by atoms with E-state index in [2.05, 4.69) is 15.6 Å². The molecule has 1 aromatic carbocycles. The molecule has 7 heteroatoms. The molecule has 0 radical (unpaired) electrons. The number of rotatable bonds is 5.